The number of aryl methyl sites for hydroxylation is 1. The number of nitrogens with one attached hydrogen (secondary N) is 2. The van der Waals surface area contributed by atoms with Crippen molar-refractivity contribution >= 4 is 17.4 Å². The minimum Gasteiger partial charge on any atom is -0.367 e. The summed E-state index contributed by atoms with van der Waals surface area (Å²) >= 11 is 0. The van der Waals surface area contributed by atoms with Crippen molar-refractivity contribution in [2.24, 2.45) is 0 Å². The molecule has 1 amide bonds. The van der Waals surface area contributed by atoms with Gasteiger partial charge in [0.2, 0.25) is 0 Å². The van der Waals surface area contributed by atoms with Crippen LogP contribution in [0.5, 0.6) is 0 Å². The van der Waals surface area contributed by atoms with Crippen molar-refractivity contribution in [2.75, 3.05) is 10.6 Å². The number of anilines is 2. The standard InChI is InChI=1S/C20H23N5O/c1-14-22-18(20(26)25-17-10-6-7-15(11-17)13-21)12-19(23-14)24-16-8-4-2-3-5-9-16/h6-7,10-12,16H,2-5,8-9H2,1H3,(H,25,26)(H,22,23,24). The quantitative estimate of drug-likeness (QED) is 0.813. The second kappa shape index (κ2) is 8.43. The topological polar surface area (TPSA) is 90.7 Å². The summed E-state index contributed by atoms with van der Waals surface area (Å²) in [5.74, 6) is 0.939. The Morgan fingerprint density at radius 3 is 2.65 bits per heavy atom. The summed E-state index contributed by atoms with van der Waals surface area (Å²) in [6.45, 7) is 1.78. The first-order valence-corrected chi connectivity index (χ1v) is 9.08. The van der Waals surface area contributed by atoms with Gasteiger partial charge >= 0.3 is 0 Å². The molecule has 6 nitrogen and oxygen atoms in total. The fourth-order valence-electron chi connectivity index (χ4n) is 3.25. The van der Waals surface area contributed by atoms with Crippen molar-refractivity contribution in [2.45, 2.75) is 51.5 Å². The van der Waals surface area contributed by atoms with Crippen molar-refractivity contribution in [1.29, 1.82) is 5.26 Å². The SMILES string of the molecule is Cc1nc(NC2CCCCCC2)cc(C(=O)Nc2cccc(C#N)c2)n1. The van der Waals surface area contributed by atoms with Crippen LogP contribution in [0.15, 0.2) is 30.3 Å². The van der Waals surface area contributed by atoms with Crippen LogP contribution in [0.3, 0.4) is 0 Å². The van der Waals surface area contributed by atoms with Crippen molar-refractivity contribution in [3.05, 3.63) is 47.4 Å². The predicted octanol–water partition coefficient (Wildman–Crippen LogP) is 4.04. The molecule has 1 aromatic carbocycles. The zero-order valence-electron chi connectivity index (χ0n) is 15.0. The number of carbonyl (C=O) groups excluding carboxylic acids is 1. The van der Waals surface area contributed by atoms with Crippen LogP contribution in [0.2, 0.25) is 0 Å². The molecule has 0 aliphatic heterocycles. The highest BCUT2D eigenvalue weighted by Crippen LogP contribution is 2.21. The molecule has 0 atom stereocenters. The molecule has 1 aliphatic carbocycles. The lowest BCUT2D eigenvalue weighted by Gasteiger charge is -2.17. The van der Waals surface area contributed by atoms with E-state index in [1.807, 2.05) is 0 Å². The molecular weight excluding hydrogens is 326 g/mol. The Morgan fingerprint density at radius 1 is 1.15 bits per heavy atom. The lowest BCUT2D eigenvalue weighted by Crippen LogP contribution is -2.21. The molecule has 0 radical (unpaired) electrons. The van der Waals surface area contributed by atoms with E-state index in [-0.39, 0.29) is 5.91 Å². The Kier molecular flexibility index (Phi) is 5.80. The van der Waals surface area contributed by atoms with Gasteiger partial charge in [0.25, 0.3) is 5.91 Å². The van der Waals surface area contributed by atoms with Gasteiger partial charge in [-0.05, 0) is 38.0 Å². The maximum Gasteiger partial charge on any atom is 0.274 e. The van der Waals surface area contributed by atoms with Crippen LogP contribution >= 0.6 is 0 Å². The van der Waals surface area contributed by atoms with Gasteiger partial charge in [-0.3, -0.25) is 4.79 Å². The van der Waals surface area contributed by atoms with Crippen LogP contribution in [0.25, 0.3) is 0 Å². The highest BCUT2D eigenvalue weighted by molar-refractivity contribution is 6.03. The summed E-state index contributed by atoms with van der Waals surface area (Å²) in [6, 6.07) is 11.0. The van der Waals surface area contributed by atoms with E-state index in [1.54, 1.807) is 37.3 Å². The molecule has 0 spiro atoms. The number of nitriles is 1. The number of aromatic nitrogens is 2. The average Bonchev–Trinajstić information content (AvgIpc) is 2.90. The molecule has 3 rings (SSSR count). The van der Waals surface area contributed by atoms with Gasteiger partial charge in [-0.1, -0.05) is 31.7 Å². The Hall–Kier alpha value is -2.94. The van der Waals surface area contributed by atoms with Gasteiger partial charge in [0.15, 0.2) is 0 Å². The summed E-state index contributed by atoms with van der Waals surface area (Å²) in [6.07, 6.45) is 7.29. The Labute approximate surface area is 153 Å². The largest absolute Gasteiger partial charge is 0.367 e. The number of hydrogen-bond donors (Lipinski definition) is 2. The van der Waals surface area contributed by atoms with E-state index in [2.05, 4.69) is 26.7 Å². The summed E-state index contributed by atoms with van der Waals surface area (Å²) in [7, 11) is 0. The van der Waals surface area contributed by atoms with E-state index in [9.17, 15) is 4.79 Å². The predicted molar refractivity (Wildman–Crippen MR) is 101 cm³/mol. The smallest absolute Gasteiger partial charge is 0.274 e. The maximum absolute atomic E-state index is 12.6. The fraction of sp³-hybridized carbons (Fsp3) is 0.400. The van der Waals surface area contributed by atoms with Gasteiger partial charge in [-0.25, -0.2) is 9.97 Å². The molecule has 1 saturated carbocycles. The summed E-state index contributed by atoms with van der Waals surface area (Å²) in [5, 5.41) is 15.2. The molecule has 1 heterocycles. The highest BCUT2D eigenvalue weighted by Gasteiger charge is 2.15. The molecule has 26 heavy (non-hydrogen) atoms. The van der Waals surface area contributed by atoms with E-state index >= 15 is 0 Å². The summed E-state index contributed by atoms with van der Waals surface area (Å²) in [4.78, 5) is 21.2. The molecule has 1 fully saturated rings. The second-order valence-corrected chi connectivity index (χ2v) is 6.67. The molecule has 0 unspecified atom stereocenters. The van der Waals surface area contributed by atoms with Gasteiger partial charge in [0, 0.05) is 17.8 Å². The summed E-state index contributed by atoms with van der Waals surface area (Å²) < 4.78 is 0. The number of amides is 1. The molecule has 0 bridgehead atoms. The van der Waals surface area contributed by atoms with Gasteiger partial charge in [0.05, 0.1) is 11.6 Å². The van der Waals surface area contributed by atoms with Crippen LogP contribution in [0.4, 0.5) is 11.5 Å². The molecule has 6 heteroatoms. The highest BCUT2D eigenvalue weighted by atomic mass is 16.1. The first-order valence-electron chi connectivity index (χ1n) is 9.08. The minimum atomic E-state index is -0.311. The molecule has 1 aromatic heterocycles. The van der Waals surface area contributed by atoms with Crippen molar-refractivity contribution in [3.63, 3.8) is 0 Å². The molecular formula is C20H23N5O. The van der Waals surface area contributed by atoms with E-state index in [4.69, 9.17) is 5.26 Å². The Bertz CT molecular complexity index is 819. The third-order valence-electron chi connectivity index (χ3n) is 4.53. The van der Waals surface area contributed by atoms with Crippen LogP contribution in [-0.4, -0.2) is 21.9 Å². The number of rotatable bonds is 4. The molecule has 2 aromatic rings. The van der Waals surface area contributed by atoms with E-state index < -0.39 is 0 Å². The van der Waals surface area contributed by atoms with Crippen molar-refractivity contribution < 1.29 is 4.79 Å². The minimum absolute atomic E-state index is 0.311. The van der Waals surface area contributed by atoms with Gasteiger partial charge < -0.3 is 10.6 Å². The number of carbonyl (C=O) groups is 1. The Balaban J connectivity index is 1.73. The van der Waals surface area contributed by atoms with E-state index in [0.29, 0.717) is 34.6 Å². The third-order valence-corrected chi connectivity index (χ3v) is 4.53. The molecule has 1 aliphatic rings. The lowest BCUT2D eigenvalue weighted by atomic mass is 10.1. The first kappa shape index (κ1) is 17.9. The molecule has 134 valence electrons. The number of hydrogen-bond acceptors (Lipinski definition) is 5. The van der Waals surface area contributed by atoms with Crippen molar-refractivity contribution in [1.82, 2.24) is 9.97 Å². The lowest BCUT2D eigenvalue weighted by molar-refractivity contribution is 0.102. The summed E-state index contributed by atoms with van der Waals surface area (Å²) in [5.41, 5.74) is 1.39. The van der Waals surface area contributed by atoms with Crippen LogP contribution in [0, 0.1) is 18.3 Å². The fourth-order valence-corrected chi connectivity index (χ4v) is 3.25. The third kappa shape index (κ3) is 4.79. The van der Waals surface area contributed by atoms with Crippen LogP contribution in [-0.2, 0) is 0 Å². The molecule has 2 N–H and O–H groups in total. The van der Waals surface area contributed by atoms with Gasteiger partial charge in [-0.15, -0.1) is 0 Å². The second-order valence-electron chi connectivity index (χ2n) is 6.67. The molecule has 0 saturated heterocycles. The first-order chi connectivity index (χ1) is 12.6. The maximum atomic E-state index is 12.6. The zero-order valence-corrected chi connectivity index (χ0v) is 15.0. The Morgan fingerprint density at radius 2 is 1.92 bits per heavy atom. The number of nitrogens with zero attached hydrogens (tertiary/aromatic N) is 3. The normalized spacial score (nSPS) is 14.9. The van der Waals surface area contributed by atoms with E-state index in [0.717, 1.165) is 12.8 Å². The van der Waals surface area contributed by atoms with Gasteiger partial charge in [-0.2, -0.15) is 5.26 Å². The van der Waals surface area contributed by atoms with Crippen LogP contribution in [0.1, 0.15) is 60.4 Å². The van der Waals surface area contributed by atoms with Gasteiger partial charge in [0.1, 0.15) is 17.3 Å². The van der Waals surface area contributed by atoms with Crippen LogP contribution < -0.4 is 10.6 Å². The van der Waals surface area contributed by atoms with Crippen molar-refractivity contribution in [3.8, 4) is 6.07 Å². The monoisotopic (exact) mass is 349 g/mol. The zero-order chi connectivity index (χ0) is 18.4. The average molecular weight is 349 g/mol. The van der Waals surface area contributed by atoms with E-state index in [1.165, 1.54) is 25.7 Å². The number of benzene rings is 1.